The van der Waals surface area contributed by atoms with E-state index < -0.39 is 0 Å². The minimum Gasteiger partial charge on any atom is -0.494 e. The standard InChI is InChI=1S/C14H13N5O/c1-20-13-5-3-2-4-12(13)19-9-10(8-17-19)11-6-7-16-14(15)18-11/h2-9H,1H3,(H2,15,16,18). The average molecular weight is 267 g/mol. The number of methoxy groups -OCH3 is 1. The molecule has 0 fully saturated rings. The van der Waals surface area contributed by atoms with Crippen molar-refractivity contribution in [3.05, 3.63) is 48.9 Å². The molecule has 0 spiro atoms. The number of hydrogen-bond acceptors (Lipinski definition) is 5. The second-order valence-corrected chi connectivity index (χ2v) is 4.15. The van der Waals surface area contributed by atoms with Gasteiger partial charge in [0.1, 0.15) is 11.4 Å². The Labute approximate surface area is 115 Å². The quantitative estimate of drug-likeness (QED) is 0.784. The van der Waals surface area contributed by atoms with E-state index in [2.05, 4.69) is 15.1 Å². The molecule has 0 unspecified atom stereocenters. The smallest absolute Gasteiger partial charge is 0.220 e. The molecule has 0 bridgehead atoms. The normalized spacial score (nSPS) is 10.4. The molecule has 3 aromatic rings. The summed E-state index contributed by atoms with van der Waals surface area (Å²) in [5.41, 5.74) is 8.05. The van der Waals surface area contributed by atoms with Gasteiger partial charge in [-0.05, 0) is 18.2 Å². The summed E-state index contributed by atoms with van der Waals surface area (Å²) < 4.78 is 7.07. The summed E-state index contributed by atoms with van der Waals surface area (Å²) in [6, 6.07) is 9.46. The van der Waals surface area contributed by atoms with Crippen LogP contribution in [-0.4, -0.2) is 26.9 Å². The van der Waals surface area contributed by atoms with Crippen LogP contribution in [0.5, 0.6) is 5.75 Å². The Morgan fingerprint density at radius 2 is 2.05 bits per heavy atom. The van der Waals surface area contributed by atoms with E-state index in [1.54, 1.807) is 30.3 Å². The SMILES string of the molecule is COc1ccccc1-n1cc(-c2ccnc(N)n2)cn1. The van der Waals surface area contributed by atoms with E-state index in [9.17, 15) is 0 Å². The lowest BCUT2D eigenvalue weighted by atomic mass is 10.2. The average Bonchev–Trinajstić information content (AvgIpc) is 2.97. The van der Waals surface area contributed by atoms with Gasteiger partial charge in [-0.1, -0.05) is 12.1 Å². The number of nitrogens with zero attached hydrogens (tertiary/aromatic N) is 4. The largest absolute Gasteiger partial charge is 0.494 e. The first kappa shape index (κ1) is 12.2. The molecule has 3 rings (SSSR count). The van der Waals surface area contributed by atoms with Crippen LogP contribution in [0.25, 0.3) is 16.9 Å². The van der Waals surface area contributed by atoms with Crippen molar-refractivity contribution in [3.8, 4) is 22.7 Å². The minimum absolute atomic E-state index is 0.243. The molecule has 0 aliphatic carbocycles. The van der Waals surface area contributed by atoms with Gasteiger partial charge >= 0.3 is 0 Å². The zero-order valence-electron chi connectivity index (χ0n) is 10.9. The van der Waals surface area contributed by atoms with Crippen LogP contribution in [0.2, 0.25) is 0 Å². The molecule has 20 heavy (non-hydrogen) atoms. The molecule has 2 N–H and O–H groups in total. The molecule has 2 heterocycles. The molecule has 0 aliphatic rings. The highest BCUT2D eigenvalue weighted by Gasteiger charge is 2.08. The van der Waals surface area contributed by atoms with Gasteiger partial charge < -0.3 is 10.5 Å². The van der Waals surface area contributed by atoms with Crippen molar-refractivity contribution in [2.45, 2.75) is 0 Å². The molecule has 2 aromatic heterocycles. The number of hydrogen-bond donors (Lipinski definition) is 1. The maximum atomic E-state index is 5.59. The van der Waals surface area contributed by atoms with Crippen molar-refractivity contribution in [2.75, 3.05) is 12.8 Å². The van der Waals surface area contributed by atoms with Gasteiger partial charge in [-0.15, -0.1) is 0 Å². The van der Waals surface area contributed by atoms with E-state index in [1.807, 2.05) is 30.5 Å². The van der Waals surface area contributed by atoms with E-state index in [-0.39, 0.29) is 5.95 Å². The number of benzene rings is 1. The van der Waals surface area contributed by atoms with Crippen LogP contribution in [0.4, 0.5) is 5.95 Å². The van der Waals surface area contributed by atoms with Crippen LogP contribution >= 0.6 is 0 Å². The Bertz CT molecular complexity index is 738. The summed E-state index contributed by atoms with van der Waals surface area (Å²) >= 11 is 0. The lowest BCUT2D eigenvalue weighted by molar-refractivity contribution is 0.411. The molecule has 0 amide bonds. The number of anilines is 1. The summed E-state index contributed by atoms with van der Waals surface area (Å²) in [5, 5.41) is 4.34. The molecular formula is C14H13N5O. The predicted molar refractivity (Wildman–Crippen MR) is 75.6 cm³/mol. The van der Waals surface area contributed by atoms with Crippen LogP contribution in [0.3, 0.4) is 0 Å². The van der Waals surface area contributed by atoms with Gasteiger partial charge in [-0.2, -0.15) is 5.10 Å². The third-order valence-corrected chi connectivity index (χ3v) is 2.88. The maximum absolute atomic E-state index is 5.59. The molecular weight excluding hydrogens is 254 g/mol. The first-order valence-corrected chi connectivity index (χ1v) is 6.05. The van der Waals surface area contributed by atoms with Gasteiger partial charge in [0.2, 0.25) is 5.95 Å². The number of para-hydroxylation sites is 2. The van der Waals surface area contributed by atoms with Gasteiger partial charge in [0.05, 0.1) is 19.0 Å². The van der Waals surface area contributed by atoms with Crippen molar-refractivity contribution >= 4 is 5.95 Å². The Morgan fingerprint density at radius 3 is 2.85 bits per heavy atom. The van der Waals surface area contributed by atoms with E-state index in [0.29, 0.717) is 0 Å². The van der Waals surface area contributed by atoms with E-state index in [4.69, 9.17) is 10.5 Å². The zero-order valence-corrected chi connectivity index (χ0v) is 10.9. The molecule has 0 radical (unpaired) electrons. The van der Waals surface area contributed by atoms with Crippen LogP contribution < -0.4 is 10.5 Å². The molecule has 0 aliphatic heterocycles. The Kier molecular flexibility index (Phi) is 3.04. The number of nitrogens with two attached hydrogens (primary N) is 1. The zero-order chi connectivity index (χ0) is 13.9. The van der Waals surface area contributed by atoms with E-state index in [0.717, 1.165) is 22.7 Å². The third kappa shape index (κ3) is 2.18. The highest BCUT2D eigenvalue weighted by atomic mass is 16.5. The van der Waals surface area contributed by atoms with Gasteiger partial charge in [0.25, 0.3) is 0 Å². The summed E-state index contributed by atoms with van der Waals surface area (Å²) in [7, 11) is 1.63. The molecule has 1 aromatic carbocycles. The fraction of sp³-hybridized carbons (Fsp3) is 0.0714. The molecule has 6 heteroatoms. The molecule has 0 atom stereocenters. The van der Waals surface area contributed by atoms with Gasteiger partial charge in [-0.25, -0.2) is 14.6 Å². The molecule has 6 nitrogen and oxygen atoms in total. The van der Waals surface area contributed by atoms with Crippen LogP contribution in [0, 0.1) is 0 Å². The number of aromatic nitrogens is 4. The summed E-state index contributed by atoms with van der Waals surface area (Å²) in [4.78, 5) is 8.05. The fourth-order valence-electron chi connectivity index (χ4n) is 1.94. The lowest BCUT2D eigenvalue weighted by Gasteiger charge is -2.07. The summed E-state index contributed by atoms with van der Waals surface area (Å²) in [6.07, 6.45) is 5.23. The second-order valence-electron chi connectivity index (χ2n) is 4.15. The Morgan fingerprint density at radius 1 is 1.20 bits per heavy atom. The van der Waals surface area contributed by atoms with E-state index >= 15 is 0 Å². The summed E-state index contributed by atoms with van der Waals surface area (Å²) in [6.45, 7) is 0. The van der Waals surface area contributed by atoms with Crippen molar-refractivity contribution < 1.29 is 4.74 Å². The van der Waals surface area contributed by atoms with Crippen molar-refractivity contribution in [1.29, 1.82) is 0 Å². The maximum Gasteiger partial charge on any atom is 0.220 e. The first-order valence-electron chi connectivity index (χ1n) is 6.05. The fourth-order valence-corrected chi connectivity index (χ4v) is 1.94. The van der Waals surface area contributed by atoms with Crippen molar-refractivity contribution in [2.24, 2.45) is 0 Å². The van der Waals surface area contributed by atoms with Gasteiger partial charge in [-0.3, -0.25) is 0 Å². The molecule has 0 saturated carbocycles. The minimum atomic E-state index is 0.243. The second kappa shape index (κ2) is 5.00. The molecule has 0 saturated heterocycles. The van der Waals surface area contributed by atoms with Gasteiger partial charge in [0, 0.05) is 18.0 Å². The summed E-state index contributed by atoms with van der Waals surface area (Å²) in [5.74, 6) is 0.997. The molecule has 100 valence electrons. The van der Waals surface area contributed by atoms with Crippen molar-refractivity contribution in [3.63, 3.8) is 0 Å². The number of nitrogen functional groups attached to an aromatic ring is 1. The van der Waals surface area contributed by atoms with Gasteiger partial charge in [0.15, 0.2) is 0 Å². The number of ether oxygens (including phenoxy) is 1. The first-order chi connectivity index (χ1) is 9.78. The Balaban J connectivity index is 2.02. The van der Waals surface area contributed by atoms with Crippen LogP contribution in [-0.2, 0) is 0 Å². The lowest BCUT2D eigenvalue weighted by Crippen LogP contribution is -1.97. The van der Waals surface area contributed by atoms with Crippen molar-refractivity contribution in [1.82, 2.24) is 19.7 Å². The monoisotopic (exact) mass is 267 g/mol. The third-order valence-electron chi connectivity index (χ3n) is 2.88. The van der Waals surface area contributed by atoms with E-state index in [1.165, 1.54) is 0 Å². The number of rotatable bonds is 3. The van der Waals surface area contributed by atoms with Crippen LogP contribution in [0.1, 0.15) is 0 Å². The van der Waals surface area contributed by atoms with Crippen LogP contribution in [0.15, 0.2) is 48.9 Å². The highest BCUT2D eigenvalue weighted by Crippen LogP contribution is 2.24. The highest BCUT2D eigenvalue weighted by molar-refractivity contribution is 5.59. The topological polar surface area (TPSA) is 78.9 Å². The predicted octanol–water partition coefficient (Wildman–Crippen LogP) is 1.92. The Hall–Kier alpha value is -2.89.